The second kappa shape index (κ2) is 14.3. The molecule has 6 rings (SSSR count). The van der Waals surface area contributed by atoms with Crippen molar-refractivity contribution in [2.75, 3.05) is 19.6 Å². The van der Waals surface area contributed by atoms with Gasteiger partial charge in [-0.05, 0) is 84.5 Å². The highest BCUT2D eigenvalue weighted by Gasteiger charge is 2.37. The van der Waals surface area contributed by atoms with Crippen molar-refractivity contribution in [1.82, 2.24) is 14.8 Å². The number of carbonyl (C=O) groups is 2. The maximum Gasteiger partial charge on any atom is 0.416 e. The van der Waals surface area contributed by atoms with Gasteiger partial charge in [0.2, 0.25) is 5.91 Å². The van der Waals surface area contributed by atoms with Gasteiger partial charge in [-0.2, -0.15) is 13.2 Å². The van der Waals surface area contributed by atoms with Gasteiger partial charge < -0.3 is 15.2 Å². The smallest absolute Gasteiger partial charge is 0.416 e. The van der Waals surface area contributed by atoms with Crippen LogP contribution in [0.5, 0.6) is 5.75 Å². The van der Waals surface area contributed by atoms with Gasteiger partial charge in [0.25, 0.3) is 5.56 Å². The van der Waals surface area contributed by atoms with Crippen molar-refractivity contribution >= 4 is 23.5 Å². The standard InChI is InChI=1S/C37H32ClF6N3O5/c1-18-8-23(38)11-30-33(18)22-7-19(2)34(41)26(10-22)29(13-32(49)50)45-36(51)35(25-9-20(17-52-30)3-4-28(25)40)47-14-21(5-6-46-15-24(39)16-46)27(12-31(47)48)37(42,43)44/h3-4,7-12,14,24,29,35H,5-6,13,15-17H2,1-2H3,(H,45,51)(H,49,50)/t29-,35-/m0/s1. The summed E-state index contributed by atoms with van der Waals surface area (Å²) in [5.41, 5.74) is -1.80. The number of nitrogens with one attached hydrogen (secondary N) is 1. The quantitative estimate of drug-likeness (QED) is 0.205. The summed E-state index contributed by atoms with van der Waals surface area (Å²) in [5.74, 6) is -4.25. The number of aryl methyl sites for hydroxylation is 2. The van der Waals surface area contributed by atoms with Crippen LogP contribution < -0.4 is 15.6 Å². The number of carboxylic acids is 1. The minimum Gasteiger partial charge on any atom is -0.488 e. The monoisotopic (exact) mass is 747 g/mol. The Morgan fingerprint density at radius 3 is 2.42 bits per heavy atom. The lowest BCUT2D eigenvalue weighted by Gasteiger charge is -2.34. The number of carbonyl (C=O) groups excluding carboxylic acids is 1. The molecule has 52 heavy (non-hydrogen) atoms. The number of alkyl halides is 4. The predicted molar refractivity (Wildman–Crippen MR) is 179 cm³/mol. The molecule has 2 aliphatic rings. The fourth-order valence-electron chi connectivity index (χ4n) is 6.75. The Morgan fingerprint density at radius 2 is 1.75 bits per heavy atom. The Bertz CT molecular complexity index is 2130. The average molecular weight is 748 g/mol. The second-order valence-corrected chi connectivity index (χ2v) is 13.5. The molecule has 0 radical (unpaired) electrons. The van der Waals surface area contributed by atoms with Gasteiger partial charge in [0.1, 0.15) is 36.2 Å². The van der Waals surface area contributed by atoms with Crippen LogP contribution in [0.1, 0.15) is 57.4 Å². The van der Waals surface area contributed by atoms with E-state index in [4.69, 9.17) is 16.3 Å². The molecule has 274 valence electrons. The lowest BCUT2D eigenvalue weighted by molar-refractivity contribution is -0.139. The number of fused-ring (bicyclic) bond motifs is 6. The van der Waals surface area contributed by atoms with Crippen molar-refractivity contribution in [2.45, 2.75) is 57.7 Å². The zero-order chi connectivity index (χ0) is 37.6. The number of ether oxygens (including phenoxy) is 1. The number of likely N-dealkylation sites (tertiary alicyclic amines) is 1. The second-order valence-electron chi connectivity index (χ2n) is 13.1. The van der Waals surface area contributed by atoms with Crippen molar-refractivity contribution in [1.29, 1.82) is 0 Å². The van der Waals surface area contributed by atoms with Gasteiger partial charge in [-0.3, -0.25) is 23.9 Å². The molecule has 2 aliphatic heterocycles. The summed E-state index contributed by atoms with van der Waals surface area (Å²) < 4.78 is 94.6. The van der Waals surface area contributed by atoms with Gasteiger partial charge in [0.05, 0.1) is 18.0 Å². The number of aliphatic carboxylic acids is 1. The molecule has 15 heteroatoms. The summed E-state index contributed by atoms with van der Waals surface area (Å²) in [7, 11) is 0. The van der Waals surface area contributed by atoms with Crippen LogP contribution in [0.3, 0.4) is 0 Å². The largest absolute Gasteiger partial charge is 0.488 e. The molecule has 2 N–H and O–H groups in total. The molecule has 3 heterocycles. The van der Waals surface area contributed by atoms with Gasteiger partial charge in [-0.25, -0.2) is 13.2 Å². The topological polar surface area (TPSA) is 101 Å². The number of hydrogen-bond acceptors (Lipinski definition) is 5. The van der Waals surface area contributed by atoms with Crippen molar-refractivity contribution in [2.24, 2.45) is 0 Å². The number of halogens is 7. The minimum atomic E-state index is -4.98. The summed E-state index contributed by atoms with van der Waals surface area (Å²) in [6.45, 7) is 3.00. The molecule has 1 amide bonds. The maximum absolute atomic E-state index is 16.0. The molecule has 1 saturated heterocycles. The van der Waals surface area contributed by atoms with E-state index in [1.54, 1.807) is 17.9 Å². The fourth-order valence-corrected chi connectivity index (χ4v) is 7.01. The van der Waals surface area contributed by atoms with Gasteiger partial charge in [-0.1, -0.05) is 17.7 Å². The first-order chi connectivity index (χ1) is 24.5. The lowest BCUT2D eigenvalue weighted by atomic mass is 9.91. The Hall–Kier alpha value is -4.82. The first-order valence-corrected chi connectivity index (χ1v) is 16.6. The molecule has 3 aromatic carbocycles. The highest BCUT2D eigenvalue weighted by atomic mass is 35.5. The zero-order valence-electron chi connectivity index (χ0n) is 27.8. The summed E-state index contributed by atoms with van der Waals surface area (Å²) >= 11 is 6.37. The van der Waals surface area contributed by atoms with E-state index in [2.05, 4.69) is 5.32 Å². The first kappa shape index (κ1) is 37.0. The minimum absolute atomic E-state index is 0.000368. The van der Waals surface area contributed by atoms with E-state index < -0.39 is 76.6 Å². The zero-order valence-corrected chi connectivity index (χ0v) is 28.5. The molecule has 1 aromatic heterocycles. The van der Waals surface area contributed by atoms with Crippen LogP contribution in [-0.2, 0) is 28.8 Å². The van der Waals surface area contributed by atoms with E-state index in [9.17, 15) is 37.1 Å². The van der Waals surface area contributed by atoms with Crippen LogP contribution in [0.4, 0.5) is 26.3 Å². The van der Waals surface area contributed by atoms with Crippen LogP contribution in [0.2, 0.25) is 5.02 Å². The molecule has 4 aromatic rings. The molecule has 4 bridgehead atoms. The van der Waals surface area contributed by atoms with Gasteiger partial charge in [0, 0.05) is 53.6 Å². The number of carboxylic acid groups (broad SMARTS) is 1. The Balaban J connectivity index is 1.57. The highest BCUT2D eigenvalue weighted by Crippen LogP contribution is 2.40. The summed E-state index contributed by atoms with van der Waals surface area (Å²) in [6, 6.07) is 6.32. The highest BCUT2D eigenvalue weighted by molar-refractivity contribution is 6.31. The Kier molecular flexibility index (Phi) is 10.2. The molecule has 1 fully saturated rings. The SMILES string of the molecule is Cc1cc2cc(c1F)[C@H](CC(=O)O)NC(=O)[C@@H](n1cc(CCN3CC(F)C3)c(C(F)(F)F)cc1=O)c1cc(ccc1F)COc1cc(Cl)cc(C)c1-2. The van der Waals surface area contributed by atoms with Crippen LogP contribution in [0.25, 0.3) is 11.1 Å². The van der Waals surface area contributed by atoms with E-state index in [-0.39, 0.29) is 49.5 Å². The van der Waals surface area contributed by atoms with E-state index in [0.29, 0.717) is 37.9 Å². The van der Waals surface area contributed by atoms with Crippen molar-refractivity contribution < 1.29 is 45.8 Å². The summed E-state index contributed by atoms with van der Waals surface area (Å²) in [4.78, 5) is 41.6. The predicted octanol–water partition coefficient (Wildman–Crippen LogP) is 7.09. The van der Waals surface area contributed by atoms with E-state index in [0.717, 1.165) is 12.3 Å². The van der Waals surface area contributed by atoms with Gasteiger partial charge in [-0.15, -0.1) is 0 Å². The maximum atomic E-state index is 16.0. The average Bonchev–Trinajstić information content (AvgIpc) is 3.03. The van der Waals surface area contributed by atoms with E-state index in [1.807, 2.05) is 0 Å². The first-order valence-electron chi connectivity index (χ1n) is 16.2. The Morgan fingerprint density at radius 1 is 1.02 bits per heavy atom. The number of amides is 1. The number of nitrogens with zero attached hydrogens (tertiary/aromatic N) is 2. The number of aromatic nitrogens is 1. The number of pyridine rings is 1. The lowest BCUT2D eigenvalue weighted by Crippen LogP contribution is -2.49. The Labute approximate surface area is 298 Å². The van der Waals surface area contributed by atoms with Crippen molar-refractivity contribution in [3.8, 4) is 16.9 Å². The van der Waals surface area contributed by atoms with Crippen LogP contribution >= 0.6 is 11.6 Å². The number of benzene rings is 3. The van der Waals surface area contributed by atoms with E-state index >= 15 is 8.78 Å². The van der Waals surface area contributed by atoms with Crippen molar-refractivity contribution in [3.63, 3.8) is 0 Å². The fraction of sp³-hybridized carbons (Fsp3) is 0.324. The molecule has 8 nitrogen and oxygen atoms in total. The third kappa shape index (κ3) is 7.54. The van der Waals surface area contributed by atoms with Crippen LogP contribution in [0, 0.1) is 25.5 Å². The van der Waals surface area contributed by atoms with Crippen LogP contribution in [0.15, 0.2) is 59.5 Å². The molecule has 0 aliphatic carbocycles. The molecular weight excluding hydrogens is 716 g/mol. The molecule has 2 atom stereocenters. The normalized spacial score (nSPS) is 18.1. The summed E-state index contributed by atoms with van der Waals surface area (Å²) in [5, 5.41) is 12.6. The number of rotatable bonds is 6. The molecule has 0 spiro atoms. The number of hydrogen-bond donors (Lipinski definition) is 2. The third-order valence-corrected chi connectivity index (χ3v) is 9.48. The molecular formula is C37H32ClF6N3O5. The third-order valence-electron chi connectivity index (χ3n) is 9.26. The van der Waals surface area contributed by atoms with Gasteiger partial charge in [0.15, 0.2) is 0 Å². The van der Waals surface area contributed by atoms with Gasteiger partial charge >= 0.3 is 12.1 Å². The molecule has 0 unspecified atom stereocenters. The van der Waals surface area contributed by atoms with Crippen LogP contribution in [-0.4, -0.2) is 52.3 Å². The van der Waals surface area contributed by atoms with Crippen molar-refractivity contribution in [3.05, 3.63) is 121 Å². The summed E-state index contributed by atoms with van der Waals surface area (Å²) in [6.07, 6.45) is -6.45. The van der Waals surface area contributed by atoms with E-state index in [1.165, 1.54) is 37.3 Å². The molecule has 0 saturated carbocycles.